The van der Waals surface area contributed by atoms with Gasteiger partial charge in [-0.2, -0.15) is 5.26 Å². The summed E-state index contributed by atoms with van der Waals surface area (Å²) in [5, 5.41) is 30.3. The number of hydrogen-bond donors (Lipinski definition) is 4. The molecule has 1 aromatic carbocycles. The minimum absolute atomic E-state index is 0.00698. The fourth-order valence-electron chi connectivity index (χ4n) is 3.86. The predicted molar refractivity (Wildman–Crippen MR) is 134 cm³/mol. The average molecular weight is 538 g/mol. The Balaban J connectivity index is 0.000000609. The Morgan fingerprint density at radius 2 is 1.89 bits per heavy atom. The summed E-state index contributed by atoms with van der Waals surface area (Å²) >= 11 is 0. The molecule has 2 aliphatic rings. The lowest BCUT2D eigenvalue weighted by Gasteiger charge is -2.26. The molecule has 13 heteroatoms. The maximum atomic E-state index is 13.3. The van der Waals surface area contributed by atoms with E-state index in [1.165, 1.54) is 22.4 Å². The summed E-state index contributed by atoms with van der Waals surface area (Å²) in [6, 6.07) is 8.38. The first-order valence-corrected chi connectivity index (χ1v) is 12.3. The smallest absolute Gasteiger partial charge is 0.408 e. The molecule has 0 radical (unpaired) electrons. The Hall–Kier alpha value is -2.92. The van der Waals surface area contributed by atoms with Gasteiger partial charge in [0, 0.05) is 6.54 Å². The van der Waals surface area contributed by atoms with E-state index in [2.05, 4.69) is 24.3 Å². The molecule has 3 rings (SSSR count). The van der Waals surface area contributed by atoms with Crippen molar-refractivity contribution in [2.75, 3.05) is 19.8 Å². The molecule has 38 heavy (non-hydrogen) atoms. The van der Waals surface area contributed by atoms with Gasteiger partial charge in [-0.1, -0.05) is 51.1 Å². The maximum Gasteiger partial charge on any atom is 0.587 e. The zero-order valence-corrected chi connectivity index (χ0v) is 21.7. The van der Waals surface area contributed by atoms with Crippen molar-refractivity contribution in [3.8, 4) is 6.07 Å². The number of rotatable bonds is 10. The summed E-state index contributed by atoms with van der Waals surface area (Å²) in [7, 11) is -2.26. The van der Waals surface area contributed by atoms with Crippen LogP contribution in [-0.4, -0.2) is 78.6 Å². The number of halogens is 3. The van der Waals surface area contributed by atoms with E-state index in [4.69, 9.17) is 14.8 Å². The normalized spacial score (nSPS) is 18.1. The number of carbonyl (C=O) groups is 2. The quantitative estimate of drug-likeness (QED) is 0.157. The first-order valence-electron chi connectivity index (χ1n) is 12.3. The van der Waals surface area contributed by atoms with E-state index in [-0.39, 0.29) is 17.6 Å². The van der Waals surface area contributed by atoms with Gasteiger partial charge in [-0.25, -0.2) is 13.2 Å². The Morgan fingerprint density at radius 3 is 2.39 bits per heavy atom. The molecule has 0 spiro atoms. The van der Waals surface area contributed by atoms with Crippen LogP contribution in [0.15, 0.2) is 35.9 Å². The molecular formula is C25H34BF3N4O5. The third-order valence-electron chi connectivity index (χ3n) is 5.70. The van der Waals surface area contributed by atoms with Gasteiger partial charge in [0.05, 0.1) is 19.3 Å². The number of ether oxygens (including phenoxy) is 1. The highest BCUT2D eigenvalue weighted by molar-refractivity contribution is 6.42. The molecule has 0 saturated carbocycles. The fraction of sp³-hybridized carbons (Fsp3) is 0.560. The van der Waals surface area contributed by atoms with Crippen molar-refractivity contribution in [2.45, 2.75) is 64.8 Å². The largest absolute Gasteiger partial charge is 0.587 e. The van der Waals surface area contributed by atoms with Crippen molar-refractivity contribution in [2.24, 2.45) is 5.41 Å². The van der Waals surface area contributed by atoms with Crippen molar-refractivity contribution in [1.82, 2.24) is 15.4 Å². The van der Waals surface area contributed by atoms with E-state index < -0.39 is 50.5 Å². The lowest BCUT2D eigenvalue weighted by molar-refractivity contribution is -0.130. The highest BCUT2D eigenvalue weighted by Crippen LogP contribution is 2.26. The van der Waals surface area contributed by atoms with Crippen LogP contribution in [-0.2, 0) is 20.7 Å². The average Bonchev–Trinajstić information content (AvgIpc) is 3.49. The number of alkyl halides is 3. The first kappa shape index (κ1) is 31.3. The van der Waals surface area contributed by atoms with Crippen molar-refractivity contribution in [1.29, 1.82) is 5.26 Å². The second-order valence-electron chi connectivity index (χ2n) is 10.2. The van der Waals surface area contributed by atoms with Gasteiger partial charge < -0.3 is 24.9 Å². The monoisotopic (exact) mass is 538 g/mol. The summed E-state index contributed by atoms with van der Waals surface area (Å²) in [6.45, 7) is 5.29. The number of nitrogens with one attached hydrogen (secondary N) is 2. The van der Waals surface area contributed by atoms with Crippen molar-refractivity contribution >= 4 is 19.1 Å². The van der Waals surface area contributed by atoms with Crippen molar-refractivity contribution in [3.05, 3.63) is 47.0 Å². The van der Waals surface area contributed by atoms with Gasteiger partial charge in [-0.15, -0.1) is 0 Å². The van der Waals surface area contributed by atoms with E-state index in [0.29, 0.717) is 19.4 Å². The van der Waals surface area contributed by atoms with E-state index >= 15 is 0 Å². The molecule has 1 heterocycles. The van der Waals surface area contributed by atoms with Crippen molar-refractivity contribution < 1.29 is 37.5 Å². The fourth-order valence-corrected chi connectivity index (χ4v) is 3.86. The van der Waals surface area contributed by atoms with E-state index in [1.807, 2.05) is 26.8 Å². The molecular weight excluding hydrogens is 504 g/mol. The standard InChI is InChI=1S/C18H28BF3N4O5.C7H6/c1-18(2,3)7-11(8-23)17(28)26-6-4-5-12(26)9-31-10-13(16(27)25-19(29)30)24-15(22)14(20)21;1-2-4-7-5-6(7)3-1/h7,12-15,24,29-30H,4-6,9-10H2,1-3H3,(H,25,27);1-4H,5H2. The Kier molecular flexibility index (Phi) is 11.8. The molecule has 0 bridgehead atoms. The third-order valence-corrected chi connectivity index (χ3v) is 5.70. The van der Waals surface area contributed by atoms with E-state index in [0.717, 1.165) is 0 Å². The molecule has 2 amide bonds. The zero-order chi connectivity index (χ0) is 28.5. The van der Waals surface area contributed by atoms with E-state index in [1.54, 1.807) is 16.6 Å². The number of fused-ring (bicyclic) bond motifs is 1. The molecule has 1 aromatic rings. The number of benzene rings is 1. The van der Waals surface area contributed by atoms with Crippen LogP contribution >= 0.6 is 0 Å². The van der Waals surface area contributed by atoms with Gasteiger partial charge in [0.1, 0.15) is 17.7 Å². The third kappa shape index (κ3) is 10.5. The van der Waals surface area contributed by atoms with Crippen LogP contribution in [0.3, 0.4) is 0 Å². The lowest BCUT2D eigenvalue weighted by atomic mass is 9.93. The molecule has 0 aromatic heterocycles. The number of hydrogen-bond acceptors (Lipinski definition) is 7. The van der Waals surface area contributed by atoms with Crippen LogP contribution in [0.25, 0.3) is 0 Å². The van der Waals surface area contributed by atoms with Crippen LogP contribution < -0.4 is 10.5 Å². The van der Waals surface area contributed by atoms with Crippen LogP contribution in [0.4, 0.5) is 13.2 Å². The molecule has 1 aliphatic carbocycles. The Bertz CT molecular complexity index is 1010. The van der Waals surface area contributed by atoms with Crippen molar-refractivity contribution in [3.63, 3.8) is 0 Å². The zero-order valence-electron chi connectivity index (χ0n) is 21.7. The number of nitriles is 1. The predicted octanol–water partition coefficient (Wildman–Crippen LogP) is 1.69. The van der Waals surface area contributed by atoms with Crippen LogP contribution in [0, 0.1) is 16.7 Å². The number of likely N-dealkylation sites (tertiary alicyclic amines) is 1. The summed E-state index contributed by atoms with van der Waals surface area (Å²) in [6.07, 6.45) is -2.21. The molecule has 3 atom stereocenters. The summed E-state index contributed by atoms with van der Waals surface area (Å²) in [4.78, 5) is 26.1. The molecule has 4 N–H and O–H groups in total. The van der Waals surface area contributed by atoms with Crippen LogP contribution in [0.2, 0.25) is 0 Å². The minimum Gasteiger partial charge on any atom is -0.408 e. The molecule has 3 unspecified atom stereocenters. The van der Waals surface area contributed by atoms with Crippen LogP contribution in [0.1, 0.15) is 44.7 Å². The molecule has 1 aliphatic heterocycles. The van der Waals surface area contributed by atoms with Gasteiger partial charge in [-0.05, 0) is 35.8 Å². The van der Waals surface area contributed by atoms with Gasteiger partial charge >= 0.3 is 7.25 Å². The first-order chi connectivity index (χ1) is 17.8. The number of carbonyl (C=O) groups excluding carboxylic acids is 2. The second-order valence-corrected chi connectivity index (χ2v) is 10.2. The second kappa shape index (κ2) is 14.3. The number of allylic oxidation sites excluding steroid dienone is 1. The highest BCUT2D eigenvalue weighted by Gasteiger charge is 2.33. The number of amides is 2. The van der Waals surface area contributed by atoms with Gasteiger partial charge in [0.15, 0.2) is 0 Å². The minimum atomic E-state index is -3.41. The maximum absolute atomic E-state index is 13.3. The summed E-state index contributed by atoms with van der Waals surface area (Å²) in [5.74, 6) is -1.61. The highest BCUT2D eigenvalue weighted by atomic mass is 19.3. The molecule has 9 nitrogen and oxygen atoms in total. The molecule has 1 saturated heterocycles. The topological polar surface area (TPSA) is 135 Å². The van der Waals surface area contributed by atoms with Gasteiger partial charge in [-0.3, -0.25) is 14.9 Å². The molecule has 208 valence electrons. The van der Waals surface area contributed by atoms with E-state index in [9.17, 15) is 28.0 Å². The Labute approximate surface area is 220 Å². The lowest BCUT2D eigenvalue weighted by Crippen LogP contribution is -2.55. The molecule has 1 fully saturated rings. The summed E-state index contributed by atoms with van der Waals surface area (Å²) in [5.41, 5.74) is 2.67. The summed E-state index contributed by atoms with van der Waals surface area (Å²) < 4.78 is 43.6. The number of nitrogens with zero attached hydrogens (tertiary/aromatic N) is 2. The van der Waals surface area contributed by atoms with Gasteiger partial charge in [0.2, 0.25) is 12.2 Å². The SMILES string of the molecule is CC(C)(C)C=C(C#N)C(=O)N1CCCC1COCC(NC(F)C(F)F)C(=O)NB(O)O.c1ccc2c(c1)C2. The Morgan fingerprint density at radius 1 is 1.26 bits per heavy atom. The van der Waals surface area contributed by atoms with Crippen LogP contribution in [0.5, 0.6) is 0 Å². The van der Waals surface area contributed by atoms with Gasteiger partial charge in [0.25, 0.3) is 12.3 Å².